The van der Waals surface area contributed by atoms with E-state index in [2.05, 4.69) is 15.0 Å². The highest BCUT2D eigenvalue weighted by molar-refractivity contribution is 6.30. The minimum Gasteiger partial charge on any atom is -0.336 e. The predicted molar refractivity (Wildman–Crippen MR) is 76.2 cm³/mol. The molecule has 2 aromatic heterocycles. The standard InChI is InChI=1S/C13H11ClN4O2/c1-18-11-10(12(19)17-13(18)20)15-9(16-11)6-7-3-2-4-8(14)5-7/h2-5H,6H2,1H3,(H,15,16)(H,17,19,20). The van der Waals surface area contributed by atoms with E-state index >= 15 is 0 Å². The summed E-state index contributed by atoms with van der Waals surface area (Å²) in [5.74, 6) is 0.606. The first-order valence-electron chi connectivity index (χ1n) is 5.97. The highest BCUT2D eigenvalue weighted by Gasteiger charge is 2.11. The summed E-state index contributed by atoms with van der Waals surface area (Å²) in [7, 11) is 1.56. The third-order valence-electron chi connectivity index (χ3n) is 3.06. The van der Waals surface area contributed by atoms with E-state index in [-0.39, 0.29) is 0 Å². The van der Waals surface area contributed by atoms with E-state index in [9.17, 15) is 9.59 Å². The minimum absolute atomic E-state index is 0.295. The molecule has 0 fully saturated rings. The van der Waals surface area contributed by atoms with Crippen molar-refractivity contribution in [2.24, 2.45) is 7.05 Å². The quantitative estimate of drug-likeness (QED) is 0.744. The number of hydrogen-bond acceptors (Lipinski definition) is 3. The van der Waals surface area contributed by atoms with Crippen molar-refractivity contribution in [2.45, 2.75) is 6.42 Å². The average Bonchev–Trinajstić information content (AvgIpc) is 2.81. The molecule has 102 valence electrons. The molecule has 1 aromatic carbocycles. The Morgan fingerprint density at radius 3 is 2.85 bits per heavy atom. The maximum atomic E-state index is 11.7. The molecule has 7 heteroatoms. The van der Waals surface area contributed by atoms with Gasteiger partial charge in [-0.3, -0.25) is 14.3 Å². The summed E-state index contributed by atoms with van der Waals surface area (Å²) < 4.78 is 1.30. The number of H-pyrrole nitrogens is 2. The van der Waals surface area contributed by atoms with E-state index in [1.165, 1.54) is 4.57 Å². The van der Waals surface area contributed by atoms with Crippen LogP contribution in [0.4, 0.5) is 0 Å². The molecular formula is C13H11ClN4O2. The number of aromatic amines is 2. The van der Waals surface area contributed by atoms with Crippen molar-refractivity contribution in [3.63, 3.8) is 0 Å². The fraction of sp³-hybridized carbons (Fsp3) is 0.154. The van der Waals surface area contributed by atoms with Gasteiger partial charge >= 0.3 is 5.69 Å². The Balaban J connectivity index is 2.10. The number of nitrogens with one attached hydrogen (secondary N) is 2. The van der Waals surface area contributed by atoms with Crippen LogP contribution >= 0.6 is 11.6 Å². The van der Waals surface area contributed by atoms with Gasteiger partial charge in [0.1, 0.15) is 11.3 Å². The van der Waals surface area contributed by atoms with Crippen LogP contribution in [0.2, 0.25) is 5.02 Å². The van der Waals surface area contributed by atoms with Crippen molar-refractivity contribution in [3.05, 3.63) is 61.5 Å². The molecule has 3 aromatic rings. The number of aromatic nitrogens is 4. The van der Waals surface area contributed by atoms with Crippen molar-refractivity contribution in [1.29, 1.82) is 0 Å². The number of benzene rings is 1. The van der Waals surface area contributed by atoms with Crippen LogP contribution in [0.15, 0.2) is 33.9 Å². The molecule has 0 atom stereocenters. The van der Waals surface area contributed by atoms with Crippen LogP contribution in [-0.2, 0) is 13.5 Å². The van der Waals surface area contributed by atoms with E-state index in [4.69, 9.17) is 11.6 Å². The summed E-state index contributed by atoms with van der Waals surface area (Å²) in [6.45, 7) is 0. The smallest absolute Gasteiger partial charge is 0.329 e. The molecule has 0 radical (unpaired) electrons. The van der Waals surface area contributed by atoms with Gasteiger partial charge in [-0.2, -0.15) is 0 Å². The first-order valence-corrected chi connectivity index (χ1v) is 6.35. The molecular weight excluding hydrogens is 280 g/mol. The number of nitrogens with zero attached hydrogens (tertiary/aromatic N) is 2. The zero-order chi connectivity index (χ0) is 14.3. The Morgan fingerprint density at radius 2 is 2.10 bits per heavy atom. The molecule has 0 saturated heterocycles. The van der Waals surface area contributed by atoms with Crippen molar-refractivity contribution >= 4 is 22.8 Å². The molecule has 0 aliphatic rings. The zero-order valence-electron chi connectivity index (χ0n) is 10.6. The number of hydrogen-bond donors (Lipinski definition) is 2. The van der Waals surface area contributed by atoms with E-state index in [1.54, 1.807) is 13.1 Å². The van der Waals surface area contributed by atoms with Crippen LogP contribution in [0.5, 0.6) is 0 Å². The summed E-state index contributed by atoms with van der Waals surface area (Å²) >= 11 is 5.93. The monoisotopic (exact) mass is 290 g/mol. The van der Waals surface area contributed by atoms with Gasteiger partial charge in [0, 0.05) is 18.5 Å². The summed E-state index contributed by atoms with van der Waals surface area (Å²) in [5, 5.41) is 0.642. The molecule has 6 nitrogen and oxygen atoms in total. The lowest BCUT2D eigenvalue weighted by Crippen LogP contribution is -2.28. The molecule has 0 aliphatic carbocycles. The third-order valence-corrected chi connectivity index (χ3v) is 3.30. The summed E-state index contributed by atoms with van der Waals surface area (Å²) in [5.41, 5.74) is 0.661. The maximum Gasteiger partial charge on any atom is 0.329 e. The lowest BCUT2D eigenvalue weighted by Gasteiger charge is -1.98. The largest absolute Gasteiger partial charge is 0.336 e. The first-order chi connectivity index (χ1) is 9.54. The van der Waals surface area contributed by atoms with E-state index in [0.29, 0.717) is 28.4 Å². The van der Waals surface area contributed by atoms with Gasteiger partial charge in [0.25, 0.3) is 5.56 Å². The summed E-state index contributed by atoms with van der Waals surface area (Å²) in [4.78, 5) is 32.7. The second kappa shape index (κ2) is 4.64. The van der Waals surface area contributed by atoms with Crippen LogP contribution in [-0.4, -0.2) is 19.5 Å². The normalized spacial score (nSPS) is 11.1. The lowest BCUT2D eigenvalue weighted by molar-refractivity contribution is 0.830. The Kier molecular flexibility index (Phi) is 2.94. The maximum absolute atomic E-state index is 11.7. The average molecular weight is 291 g/mol. The molecule has 2 heterocycles. The molecule has 0 spiro atoms. The SMILES string of the molecule is Cn1c(=O)[nH]c(=O)c2[nH]c(Cc3cccc(Cl)c3)nc21. The third kappa shape index (κ3) is 2.14. The van der Waals surface area contributed by atoms with Crippen molar-refractivity contribution in [3.8, 4) is 0 Å². The molecule has 0 aliphatic heterocycles. The van der Waals surface area contributed by atoms with Crippen molar-refractivity contribution in [1.82, 2.24) is 19.5 Å². The van der Waals surface area contributed by atoms with Crippen LogP contribution in [0.25, 0.3) is 11.2 Å². The molecule has 3 rings (SSSR count). The zero-order valence-corrected chi connectivity index (χ0v) is 11.4. The molecule has 0 amide bonds. The fourth-order valence-corrected chi connectivity index (χ4v) is 2.29. The first kappa shape index (κ1) is 12.7. The second-order valence-corrected chi connectivity index (χ2v) is 4.94. The number of fused-ring (bicyclic) bond motifs is 1. The van der Waals surface area contributed by atoms with Crippen molar-refractivity contribution < 1.29 is 0 Å². The molecule has 2 N–H and O–H groups in total. The summed E-state index contributed by atoms with van der Waals surface area (Å²) in [6.07, 6.45) is 0.503. The predicted octanol–water partition coefficient (Wildman–Crippen LogP) is 1.19. The van der Waals surface area contributed by atoms with Crippen LogP contribution in [0.1, 0.15) is 11.4 Å². The lowest BCUT2D eigenvalue weighted by atomic mass is 10.1. The van der Waals surface area contributed by atoms with E-state index in [1.807, 2.05) is 18.2 Å². The highest BCUT2D eigenvalue weighted by atomic mass is 35.5. The van der Waals surface area contributed by atoms with Gasteiger partial charge < -0.3 is 4.98 Å². The van der Waals surface area contributed by atoms with Gasteiger partial charge in [-0.15, -0.1) is 0 Å². The molecule has 0 unspecified atom stereocenters. The Hall–Kier alpha value is -2.34. The number of rotatable bonds is 2. The number of halogens is 1. The van der Waals surface area contributed by atoms with E-state index in [0.717, 1.165) is 5.56 Å². The van der Waals surface area contributed by atoms with Crippen LogP contribution in [0, 0.1) is 0 Å². The molecule has 0 saturated carbocycles. The Labute approximate surface area is 118 Å². The summed E-state index contributed by atoms with van der Waals surface area (Å²) in [6, 6.07) is 7.39. The van der Waals surface area contributed by atoms with Crippen molar-refractivity contribution in [2.75, 3.05) is 0 Å². The van der Waals surface area contributed by atoms with E-state index < -0.39 is 11.2 Å². The van der Waals surface area contributed by atoms with Crippen LogP contribution in [0.3, 0.4) is 0 Å². The van der Waals surface area contributed by atoms with Gasteiger partial charge in [0.15, 0.2) is 5.65 Å². The minimum atomic E-state index is -0.483. The fourth-order valence-electron chi connectivity index (χ4n) is 2.08. The Bertz CT molecular complexity index is 907. The Morgan fingerprint density at radius 1 is 1.30 bits per heavy atom. The topological polar surface area (TPSA) is 83.5 Å². The highest BCUT2D eigenvalue weighted by Crippen LogP contribution is 2.14. The van der Waals surface area contributed by atoms with Crippen LogP contribution < -0.4 is 11.2 Å². The molecule has 0 bridgehead atoms. The van der Waals surface area contributed by atoms with Gasteiger partial charge in [0.2, 0.25) is 0 Å². The number of imidazole rings is 1. The van der Waals surface area contributed by atoms with Gasteiger partial charge in [0.05, 0.1) is 0 Å². The number of aryl methyl sites for hydroxylation is 1. The van der Waals surface area contributed by atoms with Gasteiger partial charge in [-0.05, 0) is 17.7 Å². The van der Waals surface area contributed by atoms with Gasteiger partial charge in [-0.1, -0.05) is 23.7 Å². The molecule has 20 heavy (non-hydrogen) atoms. The van der Waals surface area contributed by atoms with Gasteiger partial charge in [-0.25, -0.2) is 9.78 Å². The second-order valence-electron chi connectivity index (χ2n) is 4.51.